The Kier molecular flexibility index (Phi) is 5.44. The lowest BCUT2D eigenvalue weighted by atomic mass is 9.67. The van der Waals surface area contributed by atoms with Gasteiger partial charge in [-0.05, 0) is 52.0 Å². The summed E-state index contributed by atoms with van der Waals surface area (Å²) >= 11 is 3.43. The Balaban J connectivity index is 2.06. The number of benzene rings is 2. The van der Waals surface area contributed by atoms with Crippen molar-refractivity contribution < 1.29 is 14.3 Å². The molecule has 0 unspecified atom stereocenters. The van der Waals surface area contributed by atoms with Crippen LogP contribution in [0.3, 0.4) is 0 Å². The number of hydrogen-bond donors (Lipinski definition) is 1. The average Bonchev–Trinajstić information content (AvgIpc) is 2.67. The fourth-order valence-corrected chi connectivity index (χ4v) is 3.61. The van der Waals surface area contributed by atoms with Crippen molar-refractivity contribution in [1.82, 2.24) is 0 Å². The number of carbonyl (C=O) groups excluding carboxylic acids is 2. The van der Waals surface area contributed by atoms with Crippen LogP contribution in [0.4, 0.5) is 5.69 Å². The quantitative estimate of drug-likeness (QED) is 0.319. The predicted molar refractivity (Wildman–Crippen MR) is 113 cm³/mol. The summed E-state index contributed by atoms with van der Waals surface area (Å²) in [5.74, 6) is -0.697. The van der Waals surface area contributed by atoms with Gasteiger partial charge in [0.1, 0.15) is 11.1 Å². The number of ether oxygens (including phenoxy) is 1. The van der Waals surface area contributed by atoms with Crippen LogP contribution < -0.4 is 5.43 Å². The first kappa shape index (κ1) is 20.3. The van der Waals surface area contributed by atoms with Crippen LogP contribution >= 0.6 is 15.9 Å². The minimum Gasteiger partial charge on any atom is -0.454 e. The summed E-state index contributed by atoms with van der Waals surface area (Å²) in [5.41, 5.74) is 2.97. The number of nitrogens with zero attached hydrogens (tertiary/aromatic N) is 1. The molecule has 5 nitrogen and oxygen atoms in total. The van der Waals surface area contributed by atoms with Crippen LogP contribution in [0.15, 0.2) is 64.2 Å². The van der Waals surface area contributed by atoms with Gasteiger partial charge in [0.25, 0.3) is 0 Å². The zero-order chi connectivity index (χ0) is 20.5. The van der Waals surface area contributed by atoms with E-state index in [0.717, 1.165) is 15.7 Å². The van der Waals surface area contributed by atoms with Crippen LogP contribution in [-0.2, 0) is 14.3 Å². The number of hydrazone groups is 1. The molecule has 1 saturated heterocycles. The molecule has 2 aromatic carbocycles. The van der Waals surface area contributed by atoms with Gasteiger partial charge in [0, 0.05) is 10.0 Å². The van der Waals surface area contributed by atoms with Crippen molar-refractivity contribution in [3.05, 3.63) is 64.6 Å². The summed E-state index contributed by atoms with van der Waals surface area (Å²) in [6, 6.07) is 17.0. The van der Waals surface area contributed by atoms with Gasteiger partial charge in [-0.25, -0.2) is 0 Å². The molecular formula is C22H23BrN2O3. The maximum atomic E-state index is 13.1. The van der Waals surface area contributed by atoms with Crippen LogP contribution in [0.5, 0.6) is 0 Å². The second kappa shape index (κ2) is 7.51. The summed E-state index contributed by atoms with van der Waals surface area (Å²) < 4.78 is 6.70. The zero-order valence-corrected chi connectivity index (χ0v) is 17.9. The van der Waals surface area contributed by atoms with Gasteiger partial charge in [-0.15, -0.1) is 0 Å². The summed E-state index contributed by atoms with van der Waals surface area (Å²) in [5, 5.41) is 4.55. The Labute approximate surface area is 173 Å². The number of ketones is 1. The van der Waals surface area contributed by atoms with Gasteiger partial charge in [-0.3, -0.25) is 15.0 Å². The monoisotopic (exact) mass is 442 g/mol. The van der Waals surface area contributed by atoms with Crippen LogP contribution in [0.1, 0.15) is 33.3 Å². The van der Waals surface area contributed by atoms with Gasteiger partial charge in [-0.2, -0.15) is 5.10 Å². The Morgan fingerprint density at radius 3 is 2.21 bits per heavy atom. The van der Waals surface area contributed by atoms with Gasteiger partial charge in [0.2, 0.25) is 0 Å². The van der Waals surface area contributed by atoms with Crippen molar-refractivity contribution in [2.75, 3.05) is 5.43 Å². The number of hydrogen-bond acceptors (Lipinski definition) is 5. The summed E-state index contributed by atoms with van der Waals surface area (Å²) in [6.45, 7) is 6.80. The van der Waals surface area contributed by atoms with Gasteiger partial charge in [-0.1, -0.05) is 46.3 Å². The van der Waals surface area contributed by atoms with E-state index in [0.29, 0.717) is 5.71 Å². The van der Waals surface area contributed by atoms with Crippen LogP contribution in [0.25, 0.3) is 0 Å². The van der Waals surface area contributed by atoms with Crippen molar-refractivity contribution in [3.8, 4) is 0 Å². The SMILES string of the molecule is CC1(C)C(=O)O[C@H](/C(=N\Nc2ccccc2)c2ccc(Br)cc2)C(C)(C)C1=O. The molecule has 6 heteroatoms. The van der Waals surface area contributed by atoms with E-state index < -0.39 is 22.9 Å². The fraction of sp³-hybridized carbons (Fsp3) is 0.318. The van der Waals surface area contributed by atoms with E-state index in [2.05, 4.69) is 26.5 Å². The third-order valence-electron chi connectivity index (χ3n) is 5.01. The Bertz CT molecular complexity index is 919. The molecule has 1 heterocycles. The molecule has 146 valence electrons. The third-order valence-corrected chi connectivity index (χ3v) is 5.54. The highest BCUT2D eigenvalue weighted by Gasteiger charge is 2.56. The highest BCUT2D eigenvalue weighted by atomic mass is 79.9. The molecule has 0 amide bonds. The smallest absolute Gasteiger partial charge is 0.319 e. The number of para-hydroxylation sites is 1. The standard InChI is InChI=1S/C22H23BrN2O3/c1-21(2)18(28-20(27)22(3,4)19(21)26)17(14-10-12-15(23)13-11-14)25-24-16-8-6-5-7-9-16/h5-13,18,24H,1-4H3/b25-17-/t18-/m1/s1. The average molecular weight is 443 g/mol. The lowest BCUT2D eigenvalue weighted by Gasteiger charge is -2.43. The van der Waals surface area contributed by atoms with Crippen molar-refractivity contribution >= 4 is 39.1 Å². The van der Waals surface area contributed by atoms with Gasteiger partial charge in [0.05, 0.1) is 11.1 Å². The van der Waals surface area contributed by atoms with Crippen molar-refractivity contribution in [2.24, 2.45) is 15.9 Å². The normalized spacial score (nSPS) is 21.2. The molecule has 0 saturated carbocycles. The van der Waals surface area contributed by atoms with Crippen LogP contribution in [0, 0.1) is 10.8 Å². The Morgan fingerprint density at radius 1 is 1.00 bits per heavy atom. The minimum atomic E-state index is -1.18. The molecule has 0 spiro atoms. The molecule has 0 aromatic heterocycles. The summed E-state index contributed by atoms with van der Waals surface area (Å²) in [6.07, 6.45) is -0.807. The highest BCUT2D eigenvalue weighted by Crippen LogP contribution is 2.41. The second-order valence-corrected chi connectivity index (χ2v) is 8.86. The highest BCUT2D eigenvalue weighted by molar-refractivity contribution is 9.10. The molecule has 1 aliphatic rings. The van der Waals surface area contributed by atoms with Gasteiger partial charge in [0.15, 0.2) is 11.9 Å². The molecule has 0 bridgehead atoms. The molecule has 28 heavy (non-hydrogen) atoms. The number of rotatable bonds is 4. The molecule has 1 atom stereocenters. The Hall–Kier alpha value is -2.47. The fourth-order valence-electron chi connectivity index (χ4n) is 3.35. The number of cyclic esters (lactones) is 1. The lowest BCUT2D eigenvalue weighted by molar-refractivity contribution is -0.179. The molecule has 1 aliphatic heterocycles. The maximum absolute atomic E-state index is 13.1. The molecule has 0 aliphatic carbocycles. The van der Waals surface area contributed by atoms with E-state index in [1.807, 2.05) is 54.6 Å². The van der Waals surface area contributed by atoms with E-state index >= 15 is 0 Å². The second-order valence-electron chi connectivity index (χ2n) is 7.94. The van der Waals surface area contributed by atoms with E-state index in [1.165, 1.54) is 0 Å². The van der Waals surface area contributed by atoms with Crippen molar-refractivity contribution in [1.29, 1.82) is 0 Å². The van der Waals surface area contributed by atoms with Crippen LogP contribution in [-0.4, -0.2) is 23.6 Å². The lowest BCUT2D eigenvalue weighted by Crippen LogP contribution is -2.58. The number of halogens is 1. The van der Waals surface area contributed by atoms with Crippen molar-refractivity contribution in [2.45, 2.75) is 33.8 Å². The van der Waals surface area contributed by atoms with Crippen molar-refractivity contribution in [3.63, 3.8) is 0 Å². The summed E-state index contributed by atoms with van der Waals surface area (Å²) in [4.78, 5) is 25.6. The zero-order valence-electron chi connectivity index (χ0n) is 16.3. The number of nitrogens with one attached hydrogen (secondary N) is 1. The topological polar surface area (TPSA) is 67.8 Å². The number of carbonyl (C=O) groups is 2. The molecular weight excluding hydrogens is 420 g/mol. The molecule has 1 N–H and O–H groups in total. The number of anilines is 1. The predicted octanol–water partition coefficient (Wildman–Crippen LogP) is 4.81. The Morgan fingerprint density at radius 2 is 1.61 bits per heavy atom. The van der Waals surface area contributed by atoms with E-state index in [9.17, 15) is 9.59 Å². The summed E-state index contributed by atoms with van der Waals surface area (Å²) in [7, 11) is 0. The number of esters is 1. The van der Waals surface area contributed by atoms with Gasteiger partial charge < -0.3 is 4.74 Å². The molecule has 2 aromatic rings. The number of Topliss-reactive ketones (excluding diaryl/α,β-unsaturated/α-hetero) is 1. The van der Waals surface area contributed by atoms with E-state index in [1.54, 1.807) is 27.7 Å². The van der Waals surface area contributed by atoms with Gasteiger partial charge >= 0.3 is 5.97 Å². The van der Waals surface area contributed by atoms with Crippen LogP contribution in [0.2, 0.25) is 0 Å². The largest absolute Gasteiger partial charge is 0.454 e. The van der Waals surface area contributed by atoms with E-state index in [-0.39, 0.29) is 5.78 Å². The first-order chi connectivity index (χ1) is 13.1. The maximum Gasteiger partial charge on any atom is 0.319 e. The molecule has 1 fully saturated rings. The molecule has 3 rings (SSSR count). The third kappa shape index (κ3) is 3.74. The first-order valence-corrected chi connectivity index (χ1v) is 9.84. The minimum absolute atomic E-state index is 0.161. The molecule has 0 radical (unpaired) electrons. The van der Waals surface area contributed by atoms with E-state index in [4.69, 9.17) is 4.74 Å². The first-order valence-electron chi connectivity index (χ1n) is 9.04.